The third-order valence-electron chi connectivity index (χ3n) is 3.59. The van der Waals surface area contributed by atoms with Crippen molar-refractivity contribution in [2.75, 3.05) is 40.8 Å². The van der Waals surface area contributed by atoms with Gasteiger partial charge in [-0.25, -0.2) is 0 Å². The molecule has 1 heterocycles. The van der Waals surface area contributed by atoms with E-state index in [4.69, 9.17) is 0 Å². The second-order valence-corrected chi connectivity index (χ2v) is 6.38. The number of quaternary nitrogens is 1. The molecule has 0 aliphatic carbocycles. The summed E-state index contributed by atoms with van der Waals surface area (Å²) in [6.45, 7) is 8.59. The van der Waals surface area contributed by atoms with Gasteiger partial charge in [-0.15, -0.1) is 0 Å². The lowest BCUT2D eigenvalue weighted by Crippen LogP contribution is -2.41. The fraction of sp³-hybridized carbons (Fsp3) is 1.00. The van der Waals surface area contributed by atoms with E-state index in [0.29, 0.717) is 0 Å². The van der Waals surface area contributed by atoms with Gasteiger partial charge in [0.25, 0.3) is 0 Å². The van der Waals surface area contributed by atoms with Crippen molar-refractivity contribution in [3.8, 4) is 0 Å². The maximum atomic E-state index is 2.61. The molecule has 0 aromatic rings. The van der Waals surface area contributed by atoms with Gasteiger partial charge in [0.15, 0.2) is 0 Å². The second kappa shape index (κ2) is 5.31. The first kappa shape index (κ1) is 13.0. The van der Waals surface area contributed by atoms with Crippen LogP contribution >= 0.6 is 0 Å². The zero-order valence-electron chi connectivity index (χ0n) is 11.3. The molecule has 90 valence electrons. The molecule has 1 fully saturated rings. The second-order valence-electron chi connectivity index (χ2n) is 6.38. The molecule has 2 nitrogen and oxygen atoms in total. The van der Waals surface area contributed by atoms with Gasteiger partial charge in [-0.2, -0.15) is 0 Å². The molecule has 0 bridgehead atoms. The summed E-state index contributed by atoms with van der Waals surface area (Å²) >= 11 is 0. The van der Waals surface area contributed by atoms with Crippen LogP contribution in [0.15, 0.2) is 0 Å². The summed E-state index contributed by atoms with van der Waals surface area (Å²) in [7, 11) is 6.88. The first-order chi connectivity index (χ1) is 6.88. The smallest absolute Gasteiger partial charge is 0.0783 e. The van der Waals surface area contributed by atoms with Crippen LogP contribution < -0.4 is 0 Å². The minimum atomic E-state index is 0.740. The van der Waals surface area contributed by atoms with Crippen molar-refractivity contribution in [3.63, 3.8) is 0 Å². The van der Waals surface area contributed by atoms with Crippen LogP contribution in [-0.4, -0.2) is 56.2 Å². The van der Waals surface area contributed by atoms with Gasteiger partial charge in [0.1, 0.15) is 0 Å². The maximum Gasteiger partial charge on any atom is 0.0783 e. The first-order valence-electron chi connectivity index (χ1n) is 6.43. The molecular formula is C13H29N2+. The molecule has 0 saturated carbocycles. The summed E-state index contributed by atoms with van der Waals surface area (Å²) in [4.78, 5) is 2.61. The minimum Gasteiger partial charge on any atom is -0.331 e. The molecule has 15 heavy (non-hydrogen) atoms. The summed E-state index contributed by atoms with van der Waals surface area (Å²) in [5.74, 6) is 0.984. The number of nitrogens with zero attached hydrogens (tertiary/aromatic N) is 2. The lowest BCUT2D eigenvalue weighted by atomic mass is 9.92. The van der Waals surface area contributed by atoms with E-state index >= 15 is 0 Å². The summed E-state index contributed by atoms with van der Waals surface area (Å²) in [5, 5.41) is 0. The van der Waals surface area contributed by atoms with E-state index < -0.39 is 0 Å². The van der Waals surface area contributed by atoms with Gasteiger partial charge >= 0.3 is 0 Å². The molecule has 0 spiro atoms. The van der Waals surface area contributed by atoms with Crippen LogP contribution in [0, 0.1) is 5.92 Å². The highest BCUT2D eigenvalue weighted by Gasteiger charge is 2.22. The predicted molar refractivity (Wildman–Crippen MR) is 66.9 cm³/mol. The van der Waals surface area contributed by atoms with Crippen molar-refractivity contribution in [2.24, 2.45) is 5.92 Å². The molecule has 0 N–H and O–H groups in total. The van der Waals surface area contributed by atoms with Crippen molar-refractivity contribution in [3.05, 3.63) is 0 Å². The van der Waals surface area contributed by atoms with Crippen molar-refractivity contribution in [1.82, 2.24) is 4.90 Å². The highest BCUT2D eigenvalue weighted by atomic mass is 15.3. The molecule has 2 heteroatoms. The molecule has 0 amide bonds. The third-order valence-corrected chi connectivity index (χ3v) is 3.59. The van der Waals surface area contributed by atoms with Crippen molar-refractivity contribution < 1.29 is 4.48 Å². The SMILES string of the molecule is CC(C)N1CCC(CC[N+](C)(C)C)CC1. The number of hydrogen-bond acceptors (Lipinski definition) is 1. The Morgan fingerprint density at radius 1 is 1.13 bits per heavy atom. The average Bonchev–Trinajstić information content (AvgIpc) is 2.14. The molecule has 0 aromatic carbocycles. The van der Waals surface area contributed by atoms with Crippen LogP contribution in [-0.2, 0) is 0 Å². The van der Waals surface area contributed by atoms with E-state index in [1.54, 1.807) is 0 Å². The lowest BCUT2D eigenvalue weighted by molar-refractivity contribution is -0.871. The summed E-state index contributed by atoms with van der Waals surface area (Å²) in [6.07, 6.45) is 4.24. The van der Waals surface area contributed by atoms with Gasteiger partial charge in [0.05, 0.1) is 27.7 Å². The molecule has 0 unspecified atom stereocenters. The lowest BCUT2D eigenvalue weighted by Gasteiger charge is -2.35. The van der Waals surface area contributed by atoms with Gasteiger partial charge in [0, 0.05) is 6.04 Å². The Kier molecular flexibility index (Phi) is 4.60. The van der Waals surface area contributed by atoms with E-state index in [2.05, 4.69) is 39.9 Å². The van der Waals surface area contributed by atoms with Gasteiger partial charge in [0.2, 0.25) is 0 Å². The monoisotopic (exact) mass is 213 g/mol. The van der Waals surface area contributed by atoms with Gasteiger partial charge in [-0.3, -0.25) is 0 Å². The van der Waals surface area contributed by atoms with Crippen LogP contribution in [0.1, 0.15) is 33.1 Å². The first-order valence-corrected chi connectivity index (χ1v) is 6.43. The van der Waals surface area contributed by atoms with Gasteiger partial charge in [-0.05, 0) is 52.1 Å². The number of piperidine rings is 1. The van der Waals surface area contributed by atoms with E-state index in [1.165, 1.54) is 38.9 Å². The zero-order valence-corrected chi connectivity index (χ0v) is 11.3. The molecule has 1 rings (SSSR count). The average molecular weight is 213 g/mol. The number of likely N-dealkylation sites (tertiary alicyclic amines) is 1. The Labute approximate surface area is 95.8 Å². The van der Waals surface area contributed by atoms with Gasteiger partial charge < -0.3 is 9.38 Å². The topological polar surface area (TPSA) is 3.24 Å². The fourth-order valence-corrected chi connectivity index (χ4v) is 2.33. The minimum absolute atomic E-state index is 0.740. The van der Waals surface area contributed by atoms with E-state index in [0.717, 1.165) is 16.4 Å². The standard InChI is InChI=1S/C13H29N2/c1-12(2)14-9-6-13(7-10-14)8-11-15(3,4)5/h12-13H,6-11H2,1-5H3/q+1. The molecule has 0 radical (unpaired) electrons. The Balaban J connectivity index is 2.20. The quantitative estimate of drug-likeness (QED) is 0.647. The molecule has 1 saturated heterocycles. The van der Waals surface area contributed by atoms with E-state index in [1.807, 2.05) is 0 Å². The Hall–Kier alpha value is -0.0800. The molecule has 1 aliphatic heterocycles. The van der Waals surface area contributed by atoms with Crippen molar-refractivity contribution >= 4 is 0 Å². The highest BCUT2D eigenvalue weighted by molar-refractivity contribution is 4.74. The Morgan fingerprint density at radius 3 is 2.07 bits per heavy atom. The molecular weight excluding hydrogens is 184 g/mol. The third kappa shape index (κ3) is 4.98. The number of hydrogen-bond donors (Lipinski definition) is 0. The number of rotatable bonds is 4. The molecule has 0 aromatic heterocycles. The Morgan fingerprint density at radius 2 is 1.67 bits per heavy atom. The van der Waals surface area contributed by atoms with Crippen LogP contribution in [0.4, 0.5) is 0 Å². The van der Waals surface area contributed by atoms with E-state index in [9.17, 15) is 0 Å². The van der Waals surface area contributed by atoms with E-state index in [-0.39, 0.29) is 0 Å². The molecule has 0 atom stereocenters. The molecule has 1 aliphatic rings. The zero-order chi connectivity index (χ0) is 11.5. The summed E-state index contributed by atoms with van der Waals surface area (Å²) in [5.41, 5.74) is 0. The predicted octanol–water partition coefficient (Wildman–Crippen LogP) is 2.20. The summed E-state index contributed by atoms with van der Waals surface area (Å²) in [6, 6.07) is 0.740. The highest BCUT2D eigenvalue weighted by Crippen LogP contribution is 2.22. The van der Waals surface area contributed by atoms with Crippen LogP contribution in [0.5, 0.6) is 0 Å². The largest absolute Gasteiger partial charge is 0.331 e. The van der Waals surface area contributed by atoms with Crippen LogP contribution in [0.2, 0.25) is 0 Å². The van der Waals surface area contributed by atoms with Crippen LogP contribution in [0.25, 0.3) is 0 Å². The van der Waals surface area contributed by atoms with Crippen molar-refractivity contribution in [2.45, 2.75) is 39.2 Å². The normalized spacial score (nSPS) is 21.2. The maximum absolute atomic E-state index is 2.61. The van der Waals surface area contributed by atoms with Crippen LogP contribution in [0.3, 0.4) is 0 Å². The Bertz CT molecular complexity index is 173. The van der Waals surface area contributed by atoms with Gasteiger partial charge in [-0.1, -0.05) is 0 Å². The van der Waals surface area contributed by atoms with Crippen molar-refractivity contribution in [1.29, 1.82) is 0 Å². The summed E-state index contributed by atoms with van der Waals surface area (Å²) < 4.78 is 1.12. The fourth-order valence-electron chi connectivity index (χ4n) is 2.33.